The van der Waals surface area contributed by atoms with E-state index in [0.29, 0.717) is 13.0 Å². The van der Waals surface area contributed by atoms with Gasteiger partial charge in [-0.2, -0.15) is 10.1 Å². The quantitative estimate of drug-likeness (QED) is 0.558. The van der Waals surface area contributed by atoms with Crippen molar-refractivity contribution in [1.29, 1.82) is 0 Å². The number of hydrogen-bond acceptors (Lipinski definition) is 5. The van der Waals surface area contributed by atoms with Crippen LogP contribution in [0, 0.1) is 6.92 Å². The molecule has 10 heteroatoms. The van der Waals surface area contributed by atoms with Crippen molar-refractivity contribution in [2.24, 2.45) is 7.05 Å². The van der Waals surface area contributed by atoms with Crippen molar-refractivity contribution >= 4 is 23.0 Å². The second-order valence-electron chi connectivity index (χ2n) is 6.84. The zero-order valence-electron chi connectivity index (χ0n) is 15.3. The molecule has 142 valence electrons. The van der Waals surface area contributed by atoms with Crippen LogP contribution in [0.2, 0.25) is 5.28 Å². The van der Waals surface area contributed by atoms with Crippen LogP contribution in [0.25, 0.3) is 5.52 Å². The number of fused-ring (bicyclic) bond motifs is 2. The summed E-state index contributed by atoms with van der Waals surface area (Å²) in [6.07, 6.45) is 4.23. The fourth-order valence-corrected chi connectivity index (χ4v) is 3.97. The Morgan fingerprint density at radius 3 is 2.96 bits per heavy atom. The zero-order valence-corrected chi connectivity index (χ0v) is 16.1. The topological polar surface area (TPSA) is 97.0 Å². The van der Waals surface area contributed by atoms with Gasteiger partial charge in [-0.15, -0.1) is 5.10 Å². The van der Waals surface area contributed by atoms with Gasteiger partial charge in [0.15, 0.2) is 0 Å². The van der Waals surface area contributed by atoms with E-state index in [2.05, 4.69) is 20.1 Å². The average Bonchev–Trinajstić information content (AvgIpc) is 3.38. The van der Waals surface area contributed by atoms with Gasteiger partial charge >= 0.3 is 0 Å². The van der Waals surface area contributed by atoms with Crippen molar-refractivity contribution in [3.63, 3.8) is 0 Å². The second kappa shape index (κ2) is 6.16. The van der Waals surface area contributed by atoms with E-state index >= 15 is 0 Å². The van der Waals surface area contributed by atoms with Crippen molar-refractivity contribution in [2.45, 2.75) is 19.4 Å². The molecule has 0 spiro atoms. The lowest BCUT2D eigenvalue weighted by atomic mass is 9.99. The maximum absolute atomic E-state index is 13.3. The highest BCUT2D eigenvalue weighted by atomic mass is 35.5. The number of imidazole rings is 1. The number of aromatic nitrogens is 7. The third-order valence-electron chi connectivity index (χ3n) is 5.13. The number of carbonyl (C=O) groups is 1. The molecule has 0 saturated carbocycles. The minimum absolute atomic E-state index is 0.0447. The Labute approximate surface area is 165 Å². The molecule has 0 aromatic carbocycles. The molecule has 4 aromatic rings. The van der Waals surface area contributed by atoms with Gasteiger partial charge in [0.25, 0.3) is 5.91 Å². The van der Waals surface area contributed by atoms with E-state index in [4.69, 9.17) is 16.7 Å². The van der Waals surface area contributed by atoms with Crippen LogP contribution >= 0.6 is 11.6 Å². The number of pyridine rings is 1. The van der Waals surface area contributed by atoms with Gasteiger partial charge < -0.3 is 9.88 Å². The maximum atomic E-state index is 13.3. The van der Waals surface area contributed by atoms with Crippen LogP contribution in [0.15, 0.2) is 30.7 Å². The lowest BCUT2D eigenvalue weighted by Crippen LogP contribution is -2.42. The molecule has 0 unspecified atom stereocenters. The lowest BCUT2D eigenvalue weighted by molar-refractivity contribution is 0.0669. The van der Waals surface area contributed by atoms with Crippen molar-refractivity contribution < 1.29 is 4.79 Å². The number of H-pyrrole nitrogens is 1. The van der Waals surface area contributed by atoms with E-state index < -0.39 is 6.04 Å². The Hall–Kier alpha value is -3.20. The first-order chi connectivity index (χ1) is 13.5. The van der Waals surface area contributed by atoms with E-state index in [1.165, 1.54) is 4.68 Å². The molecular weight excluding hydrogens is 380 g/mol. The normalized spacial score (nSPS) is 16.5. The van der Waals surface area contributed by atoms with E-state index in [9.17, 15) is 4.79 Å². The smallest absolute Gasteiger partial charge is 0.292 e. The predicted molar refractivity (Wildman–Crippen MR) is 101 cm³/mol. The van der Waals surface area contributed by atoms with Gasteiger partial charge in [-0.25, -0.2) is 14.2 Å². The molecule has 1 aliphatic heterocycles. The summed E-state index contributed by atoms with van der Waals surface area (Å²) in [7, 11) is 1.65. The number of rotatable bonds is 2. The van der Waals surface area contributed by atoms with Crippen LogP contribution in [0.5, 0.6) is 0 Å². The fraction of sp³-hybridized carbons (Fsp3) is 0.278. The van der Waals surface area contributed by atoms with Crippen LogP contribution in [0.4, 0.5) is 0 Å². The van der Waals surface area contributed by atoms with E-state index in [-0.39, 0.29) is 17.0 Å². The molecule has 1 aliphatic rings. The van der Waals surface area contributed by atoms with Crippen LogP contribution in [0.1, 0.15) is 39.3 Å². The maximum Gasteiger partial charge on any atom is 0.292 e. The van der Waals surface area contributed by atoms with Crippen LogP contribution < -0.4 is 0 Å². The highest BCUT2D eigenvalue weighted by molar-refractivity contribution is 6.28. The van der Waals surface area contributed by atoms with Gasteiger partial charge in [0.1, 0.15) is 6.04 Å². The van der Waals surface area contributed by atoms with Gasteiger partial charge in [0.2, 0.25) is 11.1 Å². The molecule has 28 heavy (non-hydrogen) atoms. The standard InChI is InChI=1S/C18H17ClN8O/c1-10-4-3-6-27-13(10)8-12(23-27)15-14-11(20-9-21-14)5-7-26(15)17(28)16-22-18(19)24-25(16)2/h3-4,6,8-9,15H,5,7H2,1-2H3,(H,20,21)/t15-/m1/s1. The van der Waals surface area contributed by atoms with E-state index in [1.807, 2.05) is 35.8 Å². The van der Waals surface area contributed by atoms with Crippen molar-refractivity contribution in [3.8, 4) is 0 Å². The Balaban J connectivity index is 1.65. The van der Waals surface area contributed by atoms with Gasteiger partial charge in [0, 0.05) is 31.9 Å². The molecule has 0 saturated heterocycles. The first-order valence-electron chi connectivity index (χ1n) is 8.87. The molecule has 0 fully saturated rings. The third kappa shape index (κ3) is 2.50. The number of carbonyl (C=O) groups excluding carboxylic acids is 1. The number of halogens is 1. The highest BCUT2D eigenvalue weighted by Crippen LogP contribution is 2.34. The number of hydrogen-bond donors (Lipinski definition) is 1. The first kappa shape index (κ1) is 16.9. The summed E-state index contributed by atoms with van der Waals surface area (Å²) in [4.78, 5) is 26.8. The minimum Gasteiger partial charge on any atom is -0.348 e. The van der Waals surface area contributed by atoms with Gasteiger partial charge in [-0.1, -0.05) is 6.07 Å². The molecule has 5 rings (SSSR count). The molecule has 0 bridgehead atoms. The lowest BCUT2D eigenvalue weighted by Gasteiger charge is -2.33. The summed E-state index contributed by atoms with van der Waals surface area (Å²) >= 11 is 5.89. The average molecular weight is 397 g/mol. The highest BCUT2D eigenvalue weighted by Gasteiger charge is 2.37. The minimum atomic E-state index is -0.419. The molecule has 0 radical (unpaired) electrons. The van der Waals surface area contributed by atoms with Crippen LogP contribution in [-0.2, 0) is 13.5 Å². The summed E-state index contributed by atoms with van der Waals surface area (Å²) in [5, 5.41) is 8.76. The third-order valence-corrected chi connectivity index (χ3v) is 5.29. The number of amides is 1. The van der Waals surface area contributed by atoms with Crippen molar-refractivity contribution in [3.05, 3.63) is 64.5 Å². The first-order valence-corrected chi connectivity index (χ1v) is 9.25. The molecule has 1 atom stereocenters. The molecule has 5 heterocycles. The zero-order chi connectivity index (χ0) is 19.4. The second-order valence-corrected chi connectivity index (χ2v) is 7.17. The van der Waals surface area contributed by atoms with Crippen molar-refractivity contribution in [2.75, 3.05) is 6.54 Å². The van der Waals surface area contributed by atoms with Gasteiger partial charge in [0.05, 0.1) is 23.2 Å². The molecule has 4 aromatic heterocycles. The summed E-state index contributed by atoms with van der Waals surface area (Å²) in [6, 6.07) is 5.57. The Bertz CT molecular complexity index is 1210. The predicted octanol–water partition coefficient (Wildman–Crippen LogP) is 1.94. The Morgan fingerprint density at radius 1 is 1.36 bits per heavy atom. The molecular formula is C18H17ClN8O. The summed E-state index contributed by atoms with van der Waals surface area (Å²) in [6.45, 7) is 2.54. The monoisotopic (exact) mass is 396 g/mol. The fourth-order valence-electron chi connectivity index (χ4n) is 3.77. The molecule has 1 N–H and O–H groups in total. The van der Waals surface area contributed by atoms with Crippen molar-refractivity contribution in [1.82, 2.24) is 39.2 Å². The van der Waals surface area contributed by atoms with Crippen LogP contribution in [-0.4, -0.2) is 51.7 Å². The SMILES string of the molecule is Cc1cccn2nc([C@@H]3c4nc[nH]c4CCN3C(=O)c3nc(Cl)nn3C)cc12. The number of nitrogens with one attached hydrogen (secondary N) is 1. The van der Waals surface area contributed by atoms with Crippen LogP contribution in [0.3, 0.4) is 0 Å². The van der Waals surface area contributed by atoms with Gasteiger partial charge in [-0.3, -0.25) is 4.79 Å². The molecule has 0 aliphatic carbocycles. The molecule has 1 amide bonds. The summed E-state index contributed by atoms with van der Waals surface area (Å²) in [5.41, 5.74) is 4.67. The Morgan fingerprint density at radius 2 is 2.21 bits per heavy atom. The van der Waals surface area contributed by atoms with Gasteiger partial charge in [-0.05, 0) is 36.2 Å². The van der Waals surface area contributed by atoms with E-state index in [0.717, 1.165) is 28.2 Å². The number of aryl methyl sites for hydroxylation is 2. The number of nitrogens with zero attached hydrogens (tertiary/aromatic N) is 7. The molecule has 9 nitrogen and oxygen atoms in total. The van der Waals surface area contributed by atoms with E-state index in [1.54, 1.807) is 18.3 Å². The number of aromatic amines is 1. The summed E-state index contributed by atoms with van der Waals surface area (Å²) in [5.74, 6) is -0.0664. The summed E-state index contributed by atoms with van der Waals surface area (Å²) < 4.78 is 3.23. The Kier molecular flexibility index (Phi) is 3.73. The largest absolute Gasteiger partial charge is 0.348 e.